The van der Waals surface area contributed by atoms with Crippen LogP contribution in [0.15, 0.2) is 35.8 Å². The number of pyridine rings is 1. The highest BCUT2D eigenvalue weighted by Gasteiger charge is 2.53. The number of anilines is 1. The van der Waals surface area contributed by atoms with E-state index in [9.17, 15) is 14.4 Å². The Bertz CT molecular complexity index is 2280. The number of hydrogen-bond donors (Lipinski definition) is 2. The number of nitrogens with one attached hydrogen (secondary N) is 2. The second-order valence-corrected chi connectivity index (χ2v) is 19.4. The topological polar surface area (TPSA) is 134 Å². The van der Waals surface area contributed by atoms with E-state index in [0.29, 0.717) is 18.9 Å². The van der Waals surface area contributed by atoms with Crippen LogP contribution in [-0.4, -0.2) is 108 Å². The molecule has 14 heteroatoms. The van der Waals surface area contributed by atoms with Crippen molar-refractivity contribution in [2.45, 2.75) is 85.0 Å². The highest BCUT2D eigenvalue weighted by Crippen LogP contribution is 2.46. The van der Waals surface area contributed by atoms with Crippen LogP contribution in [0.2, 0.25) is 0 Å². The van der Waals surface area contributed by atoms with Gasteiger partial charge in [-0.25, -0.2) is 10.4 Å². The van der Waals surface area contributed by atoms with Gasteiger partial charge in [-0.05, 0) is 81.7 Å². The summed E-state index contributed by atoms with van der Waals surface area (Å²) < 4.78 is 14.6. The summed E-state index contributed by atoms with van der Waals surface area (Å²) >= 11 is 1.50. The summed E-state index contributed by atoms with van der Waals surface area (Å²) in [4.78, 5) is 56.6. The number of ether oxygens (including phenoxy) is 2. The Balaban J connectivity index is 1.17. The highest BCUT2D eigenvalue weighted by atomic mass is 32.1. The van der Waals surface area contributed by atoms with Crippen molar-refractivity contribution in [2.75, 3.05) is 58.4 Å². The number of methoxy groups -OCH3 is 1. The molecule has 3 aromatic heterocycles. The molecule has 13 nitrogen and oxygen atoms in total. The smallest absolute Gasteiger partial charge is 0.325 e. The largest absolute Gasteiger partial charge is 0.464 e. The minimum atomic E-state index is -0.819. The minimum absolute atomic E-state index is 0.0871. The van der Waals surface area contributed by atoms with Gasteiger partial charge >= 0.3 is 5.97 Å². The molecule has 0 radical (unpaired) electrons. The lowest BCUT2D eigenvalue weighted by Crippen LogP contribution is -2.61. The fourth-order valence-corrected chi connectivity index (χ4v) is 10.3. The van der Waals surface area contributed by atoms with Gasteiger partial charge < -0.3 is 29.2 Å². The molecule has 7 atom stereocenters. The number of likely N-dealkylation sites (N-methyl/N-ethyl adjacent to an activating group) is 1. The molecule has 2 amide bonds. The standard InChI is InChI=1S/C45H58N8O5S/c1-8-52-37-10-9-27-16-32(37)34(41(52)33-18-29(21-46-39(33)26(3)57-7)51-13-11-50(6)12-14-51)20-45(4,5)24-58-44(56)40-31-17-28(31)22-53(49-40)43(55)35(19-38-47-36(27)23-59-38)48-42(54)30-15-25(30)2/h9-10,16,18,21,23,25-26,28,30-31,35,40,49H,8,11-15,17,19-20,22,24H2,1-7H3,(H,48,54). The molecule has 9 rings (SSSR count). The zero-order chi connectivity index (χ0) is 41.3. The summed E-state index contributed by atoms with van der Waals surface area (Å²) in [6.45, 7) is 15.8. The third kappa shape index (κ3) is 7.77. The van der Waals surface area contributed by atoms with Crippen LogP contribution >= 0.6 is 11.3 Å². The molecule has 6 bridgehead atoms. The minimum Gasteiger partial charge on any atom is -0.464 e. The predicted octanol–water partition coefficient (Wildman–Crippen LogP) is 5.47. The van der Waals surface area contributed by atoms with E-state index < -0.39 is 17.5 Å². The zero-order valence-electron chi connectivity index (χ0n) is 35.4. The molecule has 5 aliphatic rings. The van der Waals surface area contributed by atoms with Gasteiger partial charge in [0.05, 0.1) is 46.7 Å². The molecule has 4 fully saturated rings. The van der Waals surface area contributed by atoms with Gasteiger partial charge in [-0.15, -0.1) is 11.3 Å². The number of fused-ring (bicyclic) bond motifs is 8. The van der Waals surface area contributed by atoms with E-state index in [1.807, 2.05) is 6.20 Å². The number of aromatic nitrogens is 3. The number of benzene rings is 1. The van der Waals surface area contributed by atoms with Crippen molar-refractivity contribution >= 4 is 45.7 Å². The van der Waals surface area contributed by atoms with Gasteiger partial charge in [-0.1, -0.05) is 26.8 Å². The number of piperazine rings is 1. The zero-order valence-corrected chi connectivity index (χ0v) is 36.2. The molecule has 1 aromatic carbocycles. The quantitative estimate of drug-likeness (QED) is 0.232. The number of carbonyl (C=O) groups excluding carboxylic acids is 3. The van der Waals surface area contributed by atoms with E-state index in [0.717, 1.165) is 101 Å². The van der Waals surface area contributed by atoms with Crippen LogP contribution < -0.4 is 15.6 Å². The van der Waals surface area contributed by atoms with Gasteiger partial charge in [0.1, 0.15) is 12.1 Å². The fraction of sp³-hybridized carbons (Fsp3) is 0.578. The summed E-state index contributed by atoms with van der Waals surface area (Å²) in [6, 6.07) is 7.42. The number of carbonyl (C=O) groups is 3. The van der Waals surface area contributed by atoms with Crippen molar-refractivity contribution in [1.29, 1.82) is 0 Å². The Morgan fingerprint density at radius 1 is 1.15 bits per heavy atom. The summed E-state index contributed by atoms with van der Waals surface area (Å²) in [6.07, 6.45) is 4.29. The van der Waals surface area contributed by atoms with Gasteiger partial charge in [0.2, 0.25) is 5.91 Å². The number of amides is 2. The van der Waals surface area contributed by atoms with Gasteiger partial charge in [0.25, 0.3) is 5.91 Å². The normalized spacial score (nSPS) is 27.5. The molecule has 6 heterocycles. The SMILES string of the molecule is CCn1c(-c2cc(N3CCN(C)CC3)cnc2C(C)OC)c2c3cc(ccc31)-c1csc(n1)CC(NC(=O)C1CC1C)C(=O)N1CC3CC3C(N1)C(=O)OCC(C)(C)C2. The molecule has 2 aliphatic carbocycles. The lowest BCUT2D eigenvalue weighted by atomic mass is 9.84. The second-order valence-electron chi connectivity index (χ2n) is 18.5. The molecule has 59 heavy (non-hydrogen) atoms. The van der Waals surface area contributed by atoms with E-state index in [1.54, 1.807) is 12.1 Å². The molecular weight excluding hydrogens is 765 g/mol. The lowest BCUT2D eigenvalue weighted by molar-refractivity contribution is -0.156. The number of thiazole rings is 1. The lowest BCUT2D eigenvalue weighted by Gasteiger charge is -2.35. The van der Waals surface area contributed by atoms with Crippen LogP contribution in [0.3, 0.4) is 0 Å². The van der Waals surface area contributed by atoms with E-state index in [2.05, 4.69) is 96.4 Å². The molecule has 3 aliphatic heterocycles. The molecule has 2 saturated heterocycles. The molecule has 0 spiro atoms. The number of esters is 1. The van der Waals surface area contributed by atoms with Crippen molar-refractivity contribution in [3.05, 3.63) is 52.1 Å². The van der Waals surface area contributed by atoms with Crippen LogP contribution in [0, 0.1) is 29.1 Å². The van der Waals surface area contributed by atoms with Crippen LogP contribution in [0.1, 0.15) is 69.8 Å². The Kier molecular flexibility index (Phi) is 10.6. The molecule has 2 N–H and O–H groups in total. The van der Waals surface area contributed by atoms with Gasteiger partial charge in [-0.3, -0.25) is 24.4 Å². The van der Waals surface area contributed by atoms with Gasteiger partial charge in [0, 0.05) is 91.5 Å². The Morgan fingerprint density at radius 2 is 1.93 bits per heavy atom. The highest BCUT2D eigenvalue weighted by molar-refractivity contribution is 7.10. The molecule has 4 aromatic rings. The van der Waals surface area contributed by atoms with E-state index >= 15 is 0 Å². The van der Waals surface area contributed by atoms with Gasteiger partial charge in [0.15, 0.2) is 0 Å². The number of hydrazine groups is 1. The first-order valence-electron chi connectivity index (χ1n) is 21.4. The van der Waals surface area contributed by atoms with Crippen LogP contribution in [0.25, 0.3) is 33.4 Å². The van der Waals surface area contributed by atoms with Crippen LogP contribution in [0.5, 0.6) is 0 Å². The summed E-state index contributed by atoms with van der Waals surface area (Å²) in [5.41, 5.74) is 11.0. The molecule has 7 unspecified atom stereocenters. The summed E-state index contributed by atoms with van der Waals surface area (Å²) in [7, 11) is 3.90. The third-order valence-electron chi connectivity index (χ3n) is 13.4. The second kappa shape index (κ2) is 15.6. The summed E-state index contributed by atoms with van der Waals surface area (Å²) in [5, 5.41) is 8.57. The number of nitrogens with zero attached hydrogens (tertiary/aromatic N) is 6. The average molecular weight is 823 g/mol. The maximum absolute atomic E-state index is 14.3. The van der Waals surface area contributed by atoms with Crippen molar-refractivity contribution in [3.8, 4) is 22.5 Å². The van der Waals surface area contributed by atoms with Crippen molar-refractivity contribution in [1.82, 2.24) is 35.2 Å². The summed E-state index contributed by atoms with van der Waals surface area (Å²) in [5.74, 6) is -0.172. The van der Waals surface area contributed by atoms with E-state index in [1.165, 1.54) is 11.3 Å². The van der Waals surface area contributed by atoms with Crippen LogP contribution in [-0.2, 0) is 43.2 Å². The Hall–Kier alpha value is -4.37. The first-order valence-corrected chi connectivity index (χ1v) is 22.3. The molecule has 2 saturated carbocycles. The van der Waals surface area contributed by atoms with Crippen LogP contribution in [0.4, 0.5) is 5.69 Å². The van der Waals surface area contributed by atoms with E-state index in [-0.39, 0.29) is 54.7 Å². The number of aryl methyl sites for hydroxylation is 1. The maximum Gasteiger partial charge on any atom is 0.325 e. The average Bonchev–Trinajstić information content (AvgIpc) is 4.10. The predicted molar refractivity (Wildman–Crippen MR) is 229 cm³/mol. The Labute approximate surface area is 350 Å². The first kappa shape index (κ1) is 40.1. The monoisotopic (exact) mass is 822 g/mol. The number of hydrogen-bond acceptors (Lipinski definition) is 11. The maximum atomic E-state index is 14.3. The molecule has 314 valence electrons. The first-order chi connectivity index (χ1) is 28.3. The van der Waals surface area contributed by atoms with Crippen molar-refractivity contribution < 1.29 is 23.9 Å². The number of cyclic esters (lactones) is 1. The van der Waals surface area contributed by atoms with Gasteiger partial charge in [-0.2, -0.15) is 0 Å². The third-order valence-corrected chi connectivity index (χ3v) is 14.3. The van der Waals surface area contributed by atoms with Crippen molar-refractivity contribution in [2.24, 2.45) is 29.1 Å². The van der Waals surface area contributed by atoms with Crippen molar-refractivity contribution in [3.63, 3.8) is 0 Å². The fourth-order valence-electron chi connectivity index (χ4n) is 9.50. The molecular formula is C45H58N8O5S. The van der Waals surface area contributed by atoms with E-state index in [4.69, 9.17) is 19.4 Å². The Morgan fingerprint density at radius 3 is 2.66 bits per heavy atom. The number of rotatable bonds is 7.